The molecule has 1 aromatic carbocycles. The van der Waals surface area contributed by atoms with Crippen LogP contribution in [0.15, 0.2) is 36.5 Å². The second-order valence-electron chi connectivity index (χ2n) is 8.19. The minimum absolute atomic E-state index is 0. The first-order valence-electron chi connectivity index (χ1n) is 10.6. The number of alkyl halides is 3. The summed E-state index contributed by atoms with van der Waals surface area (Å²) in [4.78, 5) is 18.7. The average Bonchev–Trinajstić information content (AvgIpc) is 3.23. The van der Waals surface area contributed by atoms with Crippen molar-refractivity contribution in [3.8, 4) is 0 Å². The van der Waals surface area contributed by atoms with E-state index in [1.165, 1.54) is 11.1 Å². The second-order valence-corrected chi connectivity index (χ2v) is 8.19. The number of halogens is 7. The maximum absolute atomic E-state index is 14.0. The van der Waals surface area contributed by atoms with Gasteiger partial charge in [0.05, 0.1) is 6.04 Å². The fraction of sp³-hybridized carbons (Fsp3) is 0.364. The largest absolute Gasteiger partial charge is 0.451 e. The Bertz CT molecular complexity index is 1220. The molecule has 0 fully saturated rings. The Morgan fingerprint density at radius 2 is 1.81 bits per heavy atom. The van der Waals surface area contributed by atoms with Gasteiger partial charge in [0.15, 0.2) is 17.5 Å². The lowest BCUT2D eigenvalue weighted by Crippen LogP contribution is -2.46. The molecule has 4 rings (SSSR count). The molecular formula is C22H21ClF6N6O. The van der Waals surface area contributed by atoms with E-state index < -0.39 is 47.4 Å². The van der Waals surface area contributed by atoms with Crippen LogP contribution in [0.5, 0.6) is 0 Å². The van der Waals surface area contributed by atoms with Gasteiger partial charge in [-0.15, -0.1) is 22.6 Å². The number of carbonyl (C=O) groups is 1. The first-order valence-corrected chi connectivity index (χ1v) is 10.6. The fourth-order valence-corrected chi connectivity index (χ4v) is 4.13. The van der Waals surface area contributed by atoms with Crippen molar-refractivity contribution in [3.63, 3.8) is 0 Å². The van der Waals surface area contributed by atoms with Crippen LogP contribution < -0.4 is 5.73 Å². The van der Waals surface area contributed by atoms with E-state index in [0.29, 0.717) is 17.8 Å². The molecule has 0 spiro atoms. The molecule has 1 aliphatic heterocycles. The van der Waals surface area contributed by atoms with E-state index in [-0.39, 0.29) is 56.1 Å². The molecule has 14 heteroatoms. The summed E-state index contributed by atoms with van der Waals surface area (Å²) in [5.74, 6) is -5.29. The van der Waals surface area contributed by atoms with Gasteiger partial charge in [-0.1, -0.05) is 6.07 Å². The quantitative estimate of drug-likeness (QED) is 0.385. The van der Waals surface area contributed by atoms with Crippen molar-refractivity contribution in [1.82, 2.24) is 24.6 Å². The summed E-state index contributed by atoms with van der Waals surface area (Å²) in [5.41, 5.74) is 6.33. The normalized spacial score (nSPS) is 16.3. The van der Waals surface area contributed by atoms with Crippen molar-refractivity contribution >= 4 is 18.3 Å². The third kappa shape index (κ3) is 5.78. The van der Waals surface area contributed by atoms with Crippen molar-refractivity contribution in [2.75, 3.05) is 6.54 Å². The smallest absolute Gasteiger partial charge is 0.330 e. The van der Waals surface area contributed by atoms with Gasteiger partial charge in [0.2, 0.25) is 11.7 Å². The SMILES string of the molecule is Cl.N[C@@H](CC(=O)N1CCn2c(nnc2C(F)(F)F)C1Cc1ccccn1)Cc1cc(F)c(F)cc1F. The highest BCUT2D eigenvalue weighted by molar-refractivity contribution is 5.85. The summed E-state index contributed by atoms with van der Waals surface area (Å²) < 4.78 is 81.7. The lowest BCUT2D eigenvalue weighted by Gasteiger charge is -2.36. The summed E-state index contributed by atoms with van der Waals surface area (Å²) in [6, 6.07) is 4.27. The molecule has 1 unspecified atom stereocenters. The minimum Gasteiger partial charge on any atom is -0.330 e. The summed E-state index contributed by atoms with van der Waals surface area (Å²) in [6.07, 6.45) is -3.68. The van der Waals surface area contributed by atoms with Crippen LogP contribution in [0.4, 0.5) is 26.3 Å². The highest BCUT2D eigenvalue weighted by Crippen LogP contribution is 2.34. The molecule has 0 saturated carbocycles. The summed E-state index contributed by atoms with van der Waals surface area (Å²) in [5, 5.41) is 7.02. The molecule has 2 atom stereocenters. The molecule has 7 nitrogen and oxygen atoms in total. The van der Waals surface area contributed by atoms with Crippen LogP contribution in [0, 0.1) is 17.5 Å². The number of nitrogens with two attached hydrogens (primary N) is 1. The third-order valence-corrected chi connectivity index (χ3v) is 5.73. The highest BCUT2D eigenvalue weighted by atomic mass is 35.5. The van der Waals surface area contributed by atoms with Crippen LogP contribution in [0.3, 0.4) is 0 Å². The summed E-state index contributed by atoms with van der Waals surface area (Å²) in [7, 11) is 0. The molecule has 0 radical (unpaired) electrons. The Morgan fingerprint density at radius 1 is 1.08 bits per heavy atom. The van der Waals surface area contributed by atoms with Gasteiger partial charge in [-0.05, 0) is 30.2 Å². The molecule has 0 saturated heterocycles. The maximum atomic E-state index is 14.0. The first kappa shape index (κ1) is 27.4. The highest BCUT2D eigenvalue weighted by Gasteiger charge is 2.43. The number of carbonyl (C=O) groups excluding carboxylic acids is 1. The number of hydrogen-bond acceptors (Lipinski definition) is 5. The van der Waals surface area contributed by atoms with Gasteiger partial charge in [0.25, 0.3) is 0 Å². The van der Waals surface area contributed by atoms with Gasteiger partial charge in [-0.25, -0.2) is 13.2 Å². The fourth-order valence-electron chi connectivity index (χ4n) is 4.13. The Kier molecular flexibility index (Phi) is 8.24. The van der Waals surface area contributed by atoms with Gasteiger partial charge in [0, 0.05) is 49.9 Å². The number of aromatic nitrogens is 4. The van der Waals surface area contributed by atoms with Gasteiger partial charge in [-0.3, -0.25) is 9.78 Å². The second kappa shape index (κ2) is 10.8. The molecule has 36 heavy (non-hydrogen) atoms. The number of nitrogens with zero attached hydrogens (tertiary/aromatic N) is 5. The van der Waals surface area contributed by atoms with Crippen LogP contribution >= 0.6 is 12.4 Å². The van der Waals surface area contributed by atoms with E-state index in [9.17, 15) is 31.1 Å². The Balaban J connectivity index is 0.00000361. The van der Waals surface area contributed by atoms with E-state index >= 15 is 0 Å². The van der Waals surface area contributed by atoms with Gasteiger partial charge in [-0.2, -0.15) is 13.2 Å². The number of rotatable bonds is 6. The molecule has 3 aromatic rings. The lowest BCUT2D eigenvalue weighted by atomic mass is 10.0. The van der Waals surface area contributed by atoms with Gasteiger partial charge >= 0.3 is 6.18 Å². The topological polar surface area (TPSA) is 89.9 Å². The van der Waals surface area contributed by atoms with Crippen molar-refractivity contribution in [3.05, 3.63) is 76.9 Å². The van der Waals surface area contributed by atoms with E-state index in [0.717, 1.165) is 4.57 Å². The molecular weight excluding hydrogens is 514 g/mol. The van der Waals surface area contributed by atoms with Crippen LogP contribution in [0.25, 0.3) is 0 Å². The number of fused-ring (bicyclic) bond motifs is 1. The Morgan fingerprint density at radius 3 is 2.47 bits per heavy atom. The predicted octanol–water partition coefficient (Wildman–Crippen LogP) is 3.62. The molecule has 2 aromatic heterocycles. The molecule has 1 aliphatic rings. The van der Waals surface area contributed by atoms with Crippen molar-refractivity contribution in [2.24, 2.45) is 5.73 Å². The maximum Gasteiger partial charge on any atom is 0.451 e. The van der Waals surface area contributed by atoms with E-state index in [1.807, 2.05) is 0 Å². The number of hydrogen-bond donors (Lipinski definition) is 1. The minimum atomic E-state index is -4.72. The van der Waals surface area contributed by atoms with Gasteiger partial charge in [0.1, 0.15) is 5.82 Å². The van der Waals surface area contributed by atoms with Gasteiger partial charge < -0.3 is 15.2 Å². The van der Waals surface area contributed by atoms with Crippen LogP contribution in [-0.4, -0.2) is 43.1 Å². The number of amides is 1. The zero-order valence-electron chi connectivity index (χ0n) is 18.6. The summed E-state index contributed by atoms with van der Waals surface area (Å²) >= 11 is 0. The molecule has 194 valence electrons. The van der Waals surface area contributed by atoms with Crippen LogP contribution in [-0.2, 0) is 30.4 Å². The lowest BCUT2D eigenvalue weighted by molar-refractivity contribution is -0.148. The molecule has 2 N–H and O–H groups in total. The summed E-state index contributed by atoms with van der Waals surface area (Å²) in [6.45, 7) is -0.259. The van der Waals surface area contributed by atoms with Crippen molar-refractivity contribution in [2.45, 2.75) is 44.1 Å². The molecule has 0 bridgehead atoms. The molecule has 0 aliphatic carbocycles. The standard InChI is InChI=1S/C22H20F6N6O.ClH/c23-15-11-17(25)16(24)8-12(15)7-13(29)9-19(35)33-5-6-34-20(31-32-21(34)22(26,27)28)18(33)10-14-3-1-2-4-30-14;/h1-4,8,11,13,18H,5-7,9-10,29H2;1H/t13-,18?;/m1./s1. The zero-order chi connectivity index (χ0) is 25.3. The molecule has 1 amide bonds. The number of pyridine rings is 1. The van der Waals surface area contributed by atoms with Crippen molar-refractivity contribution in [1.29, 1.82) is 0 Å². The number of benzene rings is 1. The van der Waals surface area contributed by atoms with E-state index in [2.05, 4.69) is 15.2 Å². The van der Waals surface area contributed by atoms with Crippen LogP contribution in [0.2, 0.25) is 0 Å². The Labute approximate surface area is 207 Å². The Hall–Kier alpha value is -3.19. The average molecular weight is 535 g/mol. The monoisotopic (exact) mass is 534 g/mol. The van der Waals surface area contributed by atoms with Crippen molar-refractivity contribution < 1.29 is 31.1 Å². The third-order valence-electron chi connectivity index (χ3n) is 5.73. The van der Waals surface area contributed by atoms with E-state index in [1.54, 1.807) is 18.2 Å². The molecule has 3 heterocycles. The first-order chi connectivity index (χ1) is 16.5. The predicted molar refractivity (Wildman–Crippen MR) is 117 cm³/mol. The zero-order valence-corrected chi connectivity index (χ0v) is 19.4. The van der Waals surface area contributed by atoms with E-state index in [4.69, 9.17) is 5.73 Å². The van der Waals surface area contributed by atoms with Crippen LogP contribution in [0.1, 0.15) is 35.4 Å².